The first kappa shape index (κ1) is 18.3. The minimum atomic E-state index is -0.434. The van der Waals surface area contributed by atoms with Gasteiger partial charge >= 0.3 is 0 Å². The normalized spacial score (nSPS) is 11.4. The van der Waals surface area contributed by atoms with Gasteiger partial charge in [-0.05, 0) is 30.7 Å². The summed E-state index contributed by atoms with van der Waals surface area (Å²) in [6, 6.07) is 7.52. The highest BCUT2D eigenvalue weighted by atomic mass is 19.1. The van der Waals surface area contributed by atoms with Gasteiger partial charge in [0, 0.05) is 59.4 Å². The number of fused-ring (bicyclic) bond motifs is 2. The minimum Gasteiger partial charge on any atom is -0.321 e. The second-order valence-corrected chi connectivity index (χ2v) is 7.36. The molecule has 8 nitrogen and oxygen atoms in total. The Morgan fingerprint density at radius 3 is 2.59 bits per heavy atom. The summed E-state index contributed by atoms with van der Waals surface area (Å²) in [4.78, 5) is 24.9. The summed E-state index contributed by atoms with van der Waals surface area (Å²) in [5.74, 6) is -0.0356. The molecule has 0 aliphatic heterocycles. The van der Waals surface area contributed by atoms with Gasteiger partial charge in [0.25, 0.3) is 0 Å². The van der Waals surface area contributed by atoms with Crippen LogP contribution in [0.4, 0.5) is 4.39 Å². The van der Waals surface area contributed by atoms with Gasteiger partial charge in [-0.3, -0.25) is 15.1 Å². The molecule has 0 unspecified atom stereocenters. The number of aryl methyl sites for hydroxylation is 1. The van der Waals surface area contributed by atoms with Crippen LogP contribution in [0.5, 0.6) is 0 Å². The lowest BCUT2D eigenvalue weighted by molar-refractivity contribution is 0.642. The van der Waals surface area contributed by atoms with Crippen LogP contribution in [0.3, 0.4) is 0 Å². The third-order valence-corrected chi connectivity index (χ3v) is 5.44. The maximum atomic E-state index is 15.7. The van der Waals surface area contributed by atoms with Gasteiger partial charge in [0.15, 0.2) is 17.1 Å². The highest BCUT2D eigenvalue weighted by Gasteiger charge is 2.22. The molecule has 6 aromatic rings. The molecule has 0 aromatic carbocycles. The molecule has 0 bridgehead atoms. The van der Waals surface area contributed by atoms with Crippen LogP contribution in [-0.2, 0) is 0 Å². The quantitative estimate of drug-likeness (QED) is 0.436. The van der Waals surface area contributed by atoms with Crippen LogP contribution in [0, 0.1) is 12.7 Å². The van der Waals surface area contributed by atoms with E-state index in [1.807, 2.05) is 31.2 Å². The molecular formula is C23H15FN8. The van der Waals surface area contributed by atoms with Gasteiger partial charge in [0.2, 0.25) is 0 Å². The van der Waals surface area contributed by atoms with Gasteiger partial charge in [-0.25, -0.2) is 19.3 Å². The zero-order chi connectivity index (χ0) is 21.7. The van der Waals surface area contributed by atoms with E-state index < -0.39 is 5.82 Å². The molecule has 0 aliphatic rings. The number of hydrogen-bond donors (Lipinski definition) is 2. The van der Waals surface area contributed by atoms with Crippen molar-refractivity contribution in [1.29, 1.82) is 0 Å². The Morgan fingerprint density at radius 1 is 0.844 bits per heavy atom. The van der Waals surface area contributed by atoms with Gasteiger partial charge in [0.05, 0.1) is 5.39 Å². The molecule has 6 heterocycles. The SMILES string of the molecule is Cc1ccncc1-c1cnc2[nH]nc(-c3nc4c(-c5cccnc5)ccnc4[nH]3)c2c1F. The van der Waals surface area contributed by atoms with Crippen LogP contribution in [0.2, 0.25) is 0 Å². The first-order valence-corrected chi connectivity index (χ1v) is 9.90. The van der Waals surface area contributed by atoms with Crippen LogP contribution in [0.25, 0.3) is 56.0 Å². The lowest BCUT2D eigenvalue weighted by atomic mass is 10.0. The molecule has 0 spiro atoms. The van der Waals surface area contributed by atoms with Crippen molar-refractivity contribution < 1.29 is 4.39 Å². The van der Waals surface area contributed by atoms with Crippen molar-refractivity contribution in [2.24, 2.45) is 0 Å². The number of halogens is 1. The van der Waals surface area contributed by atoms with E-state index >= 15 is 4.39 Å². The topological polar surface area (TPSA) is 109 Å². The second-order valence-electron chi connectivity index (χ2n) is 7.36. The smallest absolute Gasteiger partial charge is 0.161 e. The summed E-state index contributed by atoms with van der Waals surface area (Å²) in [6.07, 6.45) is 9.97. The van der Waals surface area contributed by atoms with Crippen LogP contribution in [0.1, 0.15) is 5.56 Å². The first-order chi connectivity index (χ1) is 15.7. The monoisotopic (exact) mass is 422 g/mol. The highest BCUT2D eigenvalue weighted by molar-refractivity contribution is 5.96. The van der Waals surface area contributed by atoms with E-state index in [4.69, 9.17) is 4.98 Å². The number of hydrogen-bond acceptors (Lipinski definition) is 6. The number of aromatic nitrogens is 8. The number of rotatable bonds is 3. The van der Waals surface area contributed by atoms with Crippen LogP contribution in [0.15, 0.2) is 61.4 Å². The Hall–Kier alpha value is -4.53. The Labute approximate surface area is 180 Å². The molecule has 0 radical (unpaired) electrons. The van der Waals surface area contributed by atoms with E-state index in [2.05, 4.69) is 35.1 Å². The molecule has 0 atom stereocenters. The predicted molar refractivity (Wildman–Crippen MR) is 118 cm³/mol. The van der Waals surface area contributed by atoms with E-state index in [0.717, 1.165) is 16.7 Å². The number of pyridine rings is 4. The molecule has 32 heavy (non-hydrogen) atoms. The Kier molecular flexibility index (Phi) is 4.00. The standard InChI is InChI=1S/C23H15FN8/c1-12-4-7-26-10-15(12)16-11-28-21-17(18(16)24)20(31-32-21)23-29-19-14(5-8-27-22(19)30-23)13-3-2-6-25-9-13/h2-11H,1H3,(H,27,29,30)(H,28,31,32). The Balaban J connectivity index is 1.56. The van der Waals surface area contributed by atoms with E-state index in [1.54, 1.807) is 31.0 Å². The zero-order valence-electron chi connectivity index (χ0n) is 16.8. The average molecular weight is 422 g/mol. The molecule has 0 saturated heterocycles. The van der Waals surface area contributed by atoms with Crippen molar-refractivity contribution in [2.45, 2.75) is 6.92 Å². The maximum Gasteiger partial charge on any atom is 0.161 e. The fourth-order valence-corrected chi connectivity index (χ4v) is 3.84. The van der Waals surface area contributed by atoms with E-state index in [9.17, 15) is 0 Å². The van der Waals surface area contributed by atoms with E-state index in [0.29, 0.717) is 39.5 Å². The van der Waals surface area contributed by atoms with Crippen molar-refractivity contribution in [3.05, 3.63) is 72.8 Å². The first-order valence-electron chi connectivity index (χ1n) is 9.90. The fraction of sp³-hybridized carbons (Fsp3) is 0.0435. The fourth-order valence-electron chi connectivity index (χ4n) is 3.84. The van der Waals surface area contributed by atoms with Gasteiger partial charge in [-0.2, -0.15) is 5.10 Å². The molecule has 6 rings (SSSR count). The van der Waals surface area contributed by atoms with Gasteiger partial charge < -0.3 is 4.98 Å². The van der Waals surface area contributed by atoms with Crippen LogP contribution < -0.4 is 0 Å². The number of imidazole rings is 1. The van der Waals surface area contributed by atoms with Crippen molar-refractivity contribution in [1.82, 2.24) is 40.1 Å². The molecule has 0 aliphatic carbocycles. The number of aromatic amines is 2. The number of H-pyrrole nitrogens is 2. The van der Waals surface area contributed by atoms with Crippen LogP contribution >= 0.6 is 0 Å². The van der Waals surface area contributed by atoms with Crippen LogP contribution in [-0.4, -0.2) is 40.1 Å². The molecule has 154 valence electrons. The van der Waals surface area contributed by atoms with Gasteiger partial charge in [-0.1, -0.05) is 6.07 Å². The molecule has 0 fully saturated rings. The van der Waals surface area contributed by atoms with Gasteiger partial charge in [-0.15, -0.1) is 0 Å². The molecule has 0 saturated carbocycles. The summed E-state index contributed by atoms with van der Waals surface area (Å²) in [5.41, 5.74) is 5.62. The lowest BCUT2D eigenvalue weighted by Gasteiger charge is -2.06. The predicted octanol–water partition coefficient (Wildman–Crippen LogP) is 4.47. The lowest BCUT2D eigenvalue weighted by Crippen LogP contribution is -1.93. The molecule has 6 aromatic heterocycles. The van der Waals surface area contributed by atoms with E-state index in [-0.39, 0.29) is 5.39 Å². The maximum absolute atomic E-state index is 15.7. The number of nitrogens with zero attached hydrogens (tertiary/aromatic N) is 6. The van der Waals surface area contributed by atoms with Crippen molar-refractivity contribution in [3.63, 3.8) is 0 Å². The molecule has 0 amide bonds. The van der Waals surface area contributed by atoms with Crippen molar-refractivity contribution >= 4 is 22.2 Å². The summed E-state index contributed by atoms with van der Waals surface area (Å²) in [5, 5.41) is 7.37. The second kappa shape index (κ2) is 7.02. The van der Waals surface area contributed by atoms with Gasteiger partial charge in [0.1, 0.15) is 17.0 Å². The molecule has 9 heteroatoms. The Bertz CT molecular complexity index is 1600. The van der Waals surface area contributed by atoms with Crippen molar-refractivity contribution in [2.75, 3.05) is 0 Å². The Morgan fingerprint density at radius 2 is 1.75 bits per heavy atom. The van der Waals surface area contributed by atoms with E-state index in [1.165, 1.54) is 6.20 Å². The molecular weight excluding hydrogens is 407 g/mol. The zero-order valence-corrected chi connectivity index (χ0v) is 16.8. The summed E-state index contributed by atoms with van der Waals surface area (Å²) in [7, 11) is 0. The number of nitrogens with one attached hydrogen (secondary N) is 2. The third-order valence-electron chi connectivity index (χ3n) is 5.44. The average Bonchev–Trinajstić information content (AvgIpc) is 3.45. The van der Waals surface area contributed by atoms with Crippen molar-refractivity contribution in [3.8, 4) is 33.8 Å². The summed E-state index contributed by atoms with van der Waals surface area (Å²) in [6.45, 7) is 1.90. The largest absolute Gasteiger partial charge is 0.321 e. The minimum absolute atomic E-state index is 0.257. The third kappa shape index (κ3) is 2.75. The molecule has 2 N–H and O–H groups in total. The highest BCUT2D eigenvalue weighted by Crippen LogP contribution is 2.34. The summed E-state index contributed by atoms with van der Waals surface area (Å²) < 4.78 is 15.7. The summed E-state index contributed by atoms with van der Waals surface area (Å²) >= 11 is 0.